The van der Waals surface area contributed by atoms with Gasteiger partial charge < -0.3 is 0 Å². The lowest BCUT2D eigenvalue weighted by Gasteiger charge is -2.07. The number of aromatic nitrogens is 1. The van der Waals surface area contributed by atoms with Gasteiger partial charge in [0.25, 0.3) is 0 Å². The van der Waals surface area contributed by atoms with E-state index in [1.165, 1.54) is 6.20 Å². The van der Waals surface area contributed by atoms with Crippen LogP contribution >= 0.6 is 38.5 Å². The highest BCUT2D eigenvalue weighted by Crippen LogP contribution is 2.34. The Labute approximate surface area is 88.6 Å². The van der Waals surface area contributed by atoms with Gasteiger partial charge in [0.2, 0.25) is 0 Å². The fraction of sp³-hybridized carbons (Fsp3) is 0.167. The average molecular weight is 352 g/mol. The summed E-state index contributed by atoms with van der Waals surface area (Å²) < 4.78 is 36.8. The lowest BCUT2D eigenvalue weighted by Crippen LogP contribution is -2.07. The first-order chi connectivity index (χ1) is 5.41. The topological polar surface area (TPSA) is 12.9 Å². The van der Waals surface area contributed by atoms with Crippen molar-refractivity contribution < 1.29 is 13.2 Å². The average Bonchev–Trinajstić information content (AvgIpc) is 1.92. The van der Waals surface area contributed by atoms with E-state index < -0.39 is 11.7 Å². The van der Waals surface area contributed by atoms with Gasteiger partial charge in [-0.1, -0.05) is 0 Å². The quantitative estimate of drug-likeness (QED) is 0.515. The van der Waals surface area contributed by atoms with Gasteiger partial charge >= 0.3 is 6.18 Å². The highest BCUT2D eigenvalue weighted by atomic mass is 127. The molecule has 66 valence electrons. The molecular weight excluding hydrogens is 350 g/mol. The van der Waals surface area contributed by atoms with Crippen LogP contribution in [0.4, 0.5) is 13.2 Å². The van der Waals surface area contributed by atoms with Crippen molar-refractivity contribution in [1.29, 1.82) is 0 Å². The maximum atomic E-state index is 12.2. The van der Waals surface area contributed by atoms with Crippen molar-refractivity contribution >= 4 is 38.5 Å². The van der Waals surface area contributed by atoms with Gasteiger partial charge in [0.1, 0.15) is 4.60 Å². The molecule has 0 aliphatic rings. The van der Waals surface area contributed by atoms with Gasteiger partial charge in [-0.25, -0.2) is 4.98 Å². The summed E-state index contributed by atoms with van der Waals surface area (Å²) >= 11 is 4.51. The Morgan fingerprint density at radius 1 is 1.42 bits per heavy atom. The Balaban J connectivity index is 3.23. The summed E-state index contributed by atoms with van der Waals surface area (Å²) in [5.74, 6) is 0. The second-order valence-corrected chi connectivity index (χ2v) is 3.99. The Kier molecular flexibility index (Phi) is 2.97. The molecule has 1 nitrogen and oxygen atoms in total. The molecule has 0 amide bonds. The van der Waals surface area contributed by atoms with Crippen molar-refractivity contribution in [1.82, 2.24) is 4.98 Å². The molecule has 0 unspecified atom stereocenters. The van der Waals surface area contributed by atoms with Crippen molar-refractivity contribution in [3.8, 4) is 0 Å². The zero-order chi connectivity index (χ0) is 9.35. The van der Waals surface area contributed by atoms with Crippen LogP contribution in [0.3, 0.4) is 0 Å². The van der Waals surface area contributed by atoms with Crippen LogP contribution in [0, 0.1) is 3.57 Å². The molecule has 0 aromatic carbocycles. The van der Waals surface area contributed by atoms with E-state index in [1.807, 2.05) is 0 Å². The molecule has 1 aromatic heterocycles. The number of alkyl halides is 3. The molecular formula is C6H2BrF3IN. The Morgan fingerprint density at radius 2 is 2.00 bits per heavy atom. The third kappa shape index (κ3) is 2.32. The summed E-state index contributed by atoms with van der Waals surface area (Å²) in [4.78, 5) is 3.53. The molecule has 1 rings (SSSR count). The van der Waals surface area contributed by atoms with E-state index in [4.69, 9.17) is 0 Å². The first-order valence-electron chi connectivity index (χ1n) is 2.79. The first kappa shape index (κ1) is 10.2. The van der Waals surface area contributed by atoms with Crippen LogP contribution < -0.4 is 0 Å². The van der Waals surface area contributed by atoms with E-state index in [-0.39, 0.29) is 4.60 Å². The van der Waals surface area contributed by atoms with Gasteiger partial charge in [0, 0.05) is 9.77 Å². The van der Waals surface area contributed by atoms with Gasteiger partial charge in [-0.3, -0.25) is 0 Å². The van der Waals surface area contributed by atoms with E-state index >= 15 is 0 Å². The maximum Gasteiger partial charge on any atom is 0.419 e. The van der Waals surface area contributed by atoms with E-state index in [0.29, 0.717) is 3.57 Å². The minimum absolute atomic E-state index is 0.171. The van der Waals surface area contributed by atoms with Crippen LogP contribution in [0.1, 0.15) is 5.56 Å². The second kappa shape index (κ2) is 3.49. The third-order valence-electron chi connectivity index (χ3n) is 1.11. The molecule has 0 aliphatic carbocycles. The molecule has 0 saturated carbocycles. The highest BCUT2D eigenvalue weighted by molar-refractivity contribution is 14.1. The number of hydrogen-bond donors (Lipinski definition) is 0. The van der Waals surface area contributed by atoms with Gasteiger partial charge in [-0.15, -0.1) is 0 Å². The first-order valence-corrected chi connectivity index (χ1v) is 4.66. The van der Waals surface area contributed by atoms with Gasteiger partial charge in [-0.2, -0.15) is 13.2 Å². The molecule has 0 fully saturated rings. The molecule has 0 aliphatic heterocycles. The molecule has 0 atom stereocenters. The van der Waals surface area contributed by atoms with Crippen LogP contribution in [0.2, 0.25) is 0 Å². The van der Waals surface area contributed by atoms with Crippen LogP contribution in [-0.4, -0.2) is 4.98 Å². The lowest BCUT2D eigenvalue weighted by atomic mass is 10.3. The highest BCUT2D eigenvalue weighted by Gasteiger charge is 2.33. The molecule has 0 spiro atoms. The summed E-state index contributed by atoms with van der Waals surface area (Å²) in [7, 11) is 0. The zero-order valence-corrected chi connectivity index (χ0v) is 9.24. The fourth-order valence-corrected chi connectivity index (χ4v) is 1.51. The summed E-state index contributed by atoms with van der Waals surface area (Å²) in [5, 5.41) is 0. The second-order valence-electron chi connectivity index (χ2n) is 1.99. The third-order valence-corrected chi connectivity index (χ3v) is 2.33. The normalized spacial score (nSPS) is 11.8. The summed E-state index contributed by atoms with van der Waals surface area (Å²) in [6.45, 7) is 0. The largest absolute Gasteiger partial charge is 0.419 e. The number of pyridine rings is 1. The van der Waals surface area contributed by atoms with E-state index in [0.717, 1.165) is 6.07 Å². The molecule has 0 radical (unpaired) electrons. The molecule has 6 heteroatoms. The number of halogens is 5. The van der Waals surface area contributed by atoms with E-state index in [2.05, 4.69) is 20.9 Å². The molecule has 12 heavy (non-hydrogen) atoms. The number of rotatable bonds is 0. The number of nitrogens with zero attached hydrogens (tertiary/aromatic N) is 1. The summed E-state index contributed by atoms with van der Waals surface area (Å²) in [6, 6.07) is 1.04. The van der Waals surface area contributed by atoms with Crippen LogP contribution in [0.5, 0.6) is 0 Å². The molecule has 0 saturated heterocycles. The van der Waals surface area contributed by atoms with Crippen molar-refractivity contribution in [2.45, 2.75) is 6.18 Å². The van der Waals surface area contributed by atoms with Crippen molar-refractivity contribution in [2.75, 3.05) is 0 Å². The lowest BCUT2D eigenvalue weighted by molar-refractivity contribution is -0.138. The zero-order valence-electron chi connectivity index (χ0n) is 5.49. The predicted octanol–water partition coefficient (Wildman–Crippen LogP) is 3.47. The maximum absolute atomic E-state index is 12.2. The Bertz CT molecular complexity index is 299. The van der Waals surface area contributed by atoms with Crippen LogP contribution in [0.25, 0.3) is 0 Å². The summed E-state index contributed by atoms with van der Waals surface area (Å²) in [6.07, 6.45) is -2.98. The van der Waals surface area contributed by atoms with Gasteiger partial charge in [-0.05, 0) is 44.6 Å². The van der Waals surface area contributed by atoms with Crippen molar-refractivity contribution in [2.24, 2.45) is 0 Å². The predicted molar refractivity (Wildman–Crippen MR) is 49.7 cm³/mol. The Morgan fingerprint density at radius 3 is 2.42 bits per heavy atom. The van der Waals surface area contributed by atoms with E-state index in [1.54, 1.807) is 22.6 Å². The van der Waals surface area contributed by atoms with Crippen LogP contribution in [-0.2, 0) is 6.18 Å². The molecule has 0 N–H and O–H groups in total. The number of hydrogen-bond acceptors (Lipinski definition) is 1. The molecule has 1 aromatic rings. The fourth-order valence-electron chi connectivity index (χ4n) is 0.621. The van der Waals surface area contributed by atoms with Gasteiger partial charge in [0.05, 0.1) is 5.56 Å². The Hall–Kier alpha value is 0.150. The summed E-state index contributed by atoms with van der Waals surface area (Å²) in [5.41, 5.74) is -0.741. The van der Waals surface area contributed by atoms with Gasteiger partial charge in [0.15, 0.2) is 0 Å². The standard InChI is InChI=1S/C6H2BrF3IN/c7-5-4(6(8,9)10)1-3(11)2-12-5/h1-2H. The SMILES string of the molecule is FC(F)(F)c1cc(I)cnc1Br. The molecule has 0 bridgehead atoms. The minimum atomic E-state index is -4.34. The smallest absolute Gasteiger partial charge is 0.248 e. The van der Waals surface area contributed by atoms with Crippen LogP contribution in [0.15, 0.2) is 16.9 Å². The minimum Gasteiger partial charge on any atom is -0.248 e. The molecule has 1 heterocycles. The van der Waals surface area contributed by atoms with Crippen molar-refractivity contribution in [3.05, 3.63) is 26.0 Å². The monoisotopic (exact) mass is 351 g/mol. The van der Waals surface area contributed by atoms with Crippen molar-refractivity contribution in [3.63, 3.8) is 0 Å². The van der Waals surface area contributed by atoms with E-state index in [9.17, 15) is 13.2 Å².